The Morgan fingerprint density at radius 2 is 1.79 bits per heavy atom. The second kappa shape index (κ2) is 8.72. The molecule has 0 aliphatic carbocycles. The first-order chi connectivity index (χ1) is 13.9. The molecule has 152 valence electrons. The molecule has 2 aromatic carbocycles. The van der Waals surface area contributed by atoms with Gasteiger partial charge in [0.1, 0.15) is 0 Å². The zero-order valence-corrected chi connectivity index (χ0v) is 16.6. The Labute approximate surface area is 169 Å². The lowest BCUT2D eigenvalue weighted by atomic mass is 10.1. The number of anilines is 1. The van der Waals surface area contributed by atoms with Crippen molar-refractivity contribution in [3.63, 3.8) is 0 Å². The summed E-state index contributed by atoms with van der Waals surface area (Å²) in [5.74, 6) is -0.446. The molecule has 1 saturated heterocycles. The van der Waals surface area contributed by atoms with E-state index < -0.39 is 4.92 Å². The molecule has 2 aromatic rings. The van der Waals surface area contributed by atoms with Crippen LogP contribution in [-0.4, -0.2) is 48.8 Å². The maximum atomic E-state index is 13.1. The Morgan fingerprint density at radius 1 is 1.14 bits per heavy atom. The predicted octanol–water partition coefficient (Wildman–Crippen LogP) is 2.83. The van der Waals surface area contributed by atoms with E-state index in [1.807, 2.05) is 0 Å². The first-order valence-electron chi connectivity index (χ1n) is 9.50. The molecule has 1 aliphatic heterocycles. The molecule has 1 heterocycles. The molecule has 1 N–H and O–H groups in total. The molecule has 0 bridgehead atoms. The zero-order chi connectivity index (χ0) is 21.0. The number of nitrogens with zero attached hydrogens (tertiary/aromatic N) is 3. The number of rotatable bonds is 6. The molecule has 29 heavy (non-hydrogen) atoms. The lowest BCUT2D eigenvalue weighted by Gasteiger charge is -2.24. The standard InChI is InChI=1S/C21H24N4O4/c1-22-20(26)16-7-5-15(6-8-16)14-23(2)21(27)18-13-17(25(28)29)9-10-19(18)24-11-3-4-12-24/h5-10,13H,3-4,11-12,14H2,1-2H3,(H,22,26). The number of carbonyl (C=O) groups is 2. The average molecular weight is 396 g/mol. The number of non-ortho nitro benzene ring substituents is 1. The van der Waals surface area contributed by atoms with Gasteiger partial charge < -0.3 is 15.1 Å². The average Bonchev–Trinajstić information content (AvgIpc) is 3.27. The van der Waals surface area contributed by atoms with Crippen molar-refractivity contribution in [2.24, 2.45) is 0 Å². The third kappa shape index (κ3) is 4.53. The van der Waals surface area contributed by atoms with Crippen molar-refractivity contribution in [2.75, 3.05) is 32.1 Å². The van der Waals surface area contributed by atoms with E-state index >= 15 is 0 Å². The van der Waals surface area contributed by atoms with Gasteiger partial charge in [0, 0.05) is 51.4 Å². The molecule has 0 aromatic heterocycles. The summed E-state index contributed by atoms with van der Waals surface area (Å²) < 4.78 is 0. The number of nitrogens with one attached hydrogen (secondary N) is 1. The highest BCUT2D eigenvalue weighted by Crippen LogP contribution is 2.29. The lowest BCUT2D eigenvalue weighted by Crippen LogP contribution is -2.29. The van der Waals surface area contributed by atoms with Crippen LogP contribution < -0.4 is 10.2 Å². The predicted molar refractivity (Wildman–Crippen MR) is 110 cm³/mol. The van der Waals surface area contributed by atoms with Crippen molar-refractivity contribution in [3.8, 4) is 0 Å². The third-order valence-corrected chi connectivity index (χ3v) is 5.08. The molecule has 0 radical (unpaired) electrons. The van der Waals surface area contributed by atoms with E-state index in [2.05, 4.69) is 10.2 Å². The Kier molecular flexibility index (Phi) is 6.11. The van der Waals surface area contributed by atoms with Gasteiger partial charge in [0.15, 0.2) is 0 Å². The van der Waals surface area contributed by atoms with Gasteiger partial charge in [-0.1, -0.05) is 12.1 Å². The molecule has 0 atom stereocenters. The Morgan fingerprint density at radius 3 is 2.38 bits per heavy atom. The third-order valence-electron chi connectivity index (χ3n) is 5.08. The number of amides is 2. The highest BCUT2D eigenvalue weighted by molar-refractivity contribution is 6.00. The number of hydrogen-bond donors (Lipinski definition) is 1. The van der Waals surface area contributed by atoms with E-state index in [9.17, 15) is 19.7 Å². The summed E-state index contributed by atoms with van der Waals surface area (Å²) in [6.45, 7) is 2.00. The minimum absolute atomic E-state index is 0.0976. The van der Waals surface area contributed by atoms with Crippen LogP contribution in [0.25, 0.3) is 0 Å². The van der Waals surface area contributed by atoms with Gasteiger partial charge in [0.25, 0.3) is 17.5 Å². The molecule has 8 heteroatoms. The van der Waals surface area contributed by atoms with E-state index in [1.165, 1.54) is 17.0 Å². The van der Waals surface area contributed by atoms with Gasteiger partial charge in [-0.05, 0) is 36.6 Å². The van der Waals surface area contributed by atoms with Crippen molar-refractivity contribution in [3.05, 3.63) is 69.3 Å². The molecule has 1 aliphatic rings. The number of hydrogen-bond acceptors (Lipinski definition) is 5. The topological polar surface area (TPSA) is 95.8 Å². The monoisotopic (exact) mass is 396 g/mol. The fourth-order valence-corrected chi connectivity index (χ4v) is 3.50. The second-order valence-corrected chi connectivity index (χ2v) is 7.09. The molecular formula is C21H24N4O4. The summed E-state index contributed by atoms with van der Waals surface area (Å²) in [6.07, 6.45) is 2.08. The van der Waals surface area contributed by atoms with Gasteiger partial charge in [-0.15, -0.1) is 0 Å². The summed E-state index contributed by atoms with van der Waals surface area (Å²) in [5, 5.41) is 13.8. The van der Waals surface area contributed by atoms with E-state index in [0.29, 0.717) is 17.7 Å². The van der Waals surface area contributed by atoms with Gasteiger partial charge in [-0.3, -0.25) is 19.7 Å². The normalized spacial score (nSPS) is 13.2. The van der Waals surface area contributed by atoms with Crippen molar-refractivity contribution in [1.29, 1.82) is 0 Å². The van der Waals surface area contributed by atoms with Gasteiger partial charge >= 0.3 is 0 Å². The molecule has 0 unspecified atom stereocenters. The van der Waals surface area contributed by atoms with Crippen LogP contribution in [-0.2, 0) is 6.54 Å². The smallest absolute Gasteiger partial charge is 0.270 e. The number of nitro benzene ring substituents is 1. The van der Waals surface area contributed by atoms with Crippen molar-refractivity contribution in [1.82, 2.24) is 10.2 Å². The van der Waals surface area contributed by atoms with E-state index in [1.54, 1.807) is 44.4 Å². The van der Waals surface area contributed by atoms with Gasteiger partial charge in [-0.2, -0.15) is 0 Å². The summed E-state index contributed by atoms with van der Waals surface area (Å²) in [4.78, 5) is 39.2. The molecular weight excluding hydrogens is 372 g/mol. The van der Waals surface area contributed by atoms with Crippen LogP contribution >= 0.6 is 0 Å². The maximum Gasteiger partial charge on any atom is 0.270 e. The summed E-state index contributed by atoms with van der Waals surface area (Å²) in [6, 6.07) is 11.5. The van der Waals surface area contributed by atoms with Gasteiger partial charge in [0.2, 0.25) is 0 Å². The number of nitro groups is 1. The quantitative estimate of drug-likeness (QED) is 0.598. The van der Waals surface area contributed by atoms with Crippen LogP contribution in [0.5, 0.6) is 0 Å². The molecule has 1 fully saturated rings. The van der Waals surface area contributed by atoms with Crippen LogP contribution in [0.1, 0.15) is 39.1 Å². The zero-order valence-electron chi connectivity index (χ0n) is 16.6. The van der Waals surface area contributed by atoms with Crippen molar-refractivity contribution >= 4 is 23.2 Å². The van der Waals surface area contributed by atoms with Crippen LogP contribution in [0.15, 0.2) is 42.5 Å². The first kappa shape index (κ1) is 20.3. The number of benzene rings is 2. The largest absolute Gasteiger partial charge is 0.371 e. The Hall–Kier alpha value is -3.42. The van der Waals surface area contributed by atoms with Crippen LogP contribution in [0, 0.1) is 10.1 Å². The second-order valence-electron chi connectivity index (χ2n) is 7.09. The SMILES string of the molecule is CNC(=O)c1ccc(CN(C)C(=O)c2cc([N+](=O)[O-])ccc2N2CCCC2)cc1. The van der Waals surface area contributed by atoms with E-state index in [0.717, 1.165) is 37.2 Å². The molecule has 2 amide bonds. The van der Waals surface area contributed by atoms with Crippen LogP contribution in [0.2, 0.25) is 0 Å². The Bertz CT molecular complexity index is 921. The lowest BCUT2D eigenvalue weighted by molar-refractivity contribution is -0.384. The van der Waals surface area contributed by atoms with E-state index in [-0.39, 0.29) is 17.5 Å². The van der Waals surface area contributed by atoms with Gasteiger partial charge in [-0.25, -0.2) is 0 Å². The fourth-order valence-electron chi connectivity index (χ4n) is 3.50. The summed E-state index contributed by atoms with van der Waals surface area (Å²) in [7, 11) is 3.24. The highest BCUT2D eigenvalue weighted by Gasteiger charge is 2.24. The van der Waals surface area contributed by atoms with Crippen LogP contribution in [0.3, 0.4) is 0 Å². The molecule has 0 saturated carbocycles. The number of carbonyl (C=O) groups excluding carboxylic acids is 2. The molecule has 3 rings (SSSR count). The minimum Gasteiger partial charge on any atom is -0.371 e. The minimum atomic E-state index is -0.484. The molecule has 0 spiro atoms. The maximum absolute atomic E-state index is 13.1. The van der Waals surface area contributed by atoms with Gasteiger partial charge in [0.05, 0.1) is 16.2 Å². The molecule has 8 nitrogen and oxygen atoms in total. The van der Waals surface area contributed by atoms with Crippen LogP contribution in [0.4, 0.5) is 11.4 Å². The Balaban J connectivity index is 1.83. The van der Waals surface area contributed by atoms with Crippen molar-refractivity contribution in [2.45, 2.75) is 19.4 Å². The highest BCUT2D eigenvalue weighted by atomic mass is 16.6. The van der Waals surface area contributed by atoms with E-state index in [4.69, 9.17) is 0 Å². The summed E-state index contributed by atoms with van der Waals surface area (Å²) >= 11 is 0. The van der Waals surface area contributed by atoms with Crippen molar-refractivity contribution < 1.29 is 14.5 Å². The first-order valence-corrected chi connectivity index (χ1v) is 9.50. The summed E-state index contributed by atoms with van der Waals surface area (Å²) in [5.41, 5.74) is 2.38. The fraction of sp³-hybridized carbons (Fsp3) is 0.333.